The summed E-state index contributed by atoms with van der Waals surface area (Å²) in [6.07, 6.45) is -1.86. The largest absolute Gasteiger partial charge is 0.480 e. The van der Waals surface area contributed by atoms with Gasteiger partial charge in [-0.15, -0.1) is 0 Å². The van der Waals surface area contributed by atoms with Crippen LogP contribution in [0.2, 0.25) is 0 Å². The van der Waals surface area contributed by atoms with E-state index in [1.807, 2.05) is 13.8 Å². The fourth-order valence-corrected chi connectivity index (χ4v) is 1.15. The van der Waals surface area contributed by atoms with Crippen molar-refractivity contribution in [3.05, 3.63) is 0 Å². The first-order valence-corrected chi connectivity index (χ1v) is 5.17. The normalized spacial score (nSPS) is 14.6. The van der Waals surface area contributed by atoms with E-state index in [0.29, 0.717) is 0 Å². The van der Waals surface area contributed by atoms with Crippen LogP contribution in [0.15, 0.2) is 0 Å². The van der Waals surface area contributed by atoms with E-state index in [1.165, 1.54) is 0 Å². The zero-order valence-corrected chi connectivity index (χ0v) is 9.70. The fraction of sp³-hybridized carbons (Fsp3) is 0.800. The van der Waals surface area contributed by atoms with Crippen LogP contribution in [-0.4, -0.2) is 36.0 Å². The van der Waals surface area contributed by atoms with Crippen molar-refractivity contribution in [3.63, 3.8) is 0 Å². The van der Waals surface area contributed by atoms with Crippen molar-refractivity contribution < 1.29 is 23.8 Å². The third-order valence-electron chi connectivity index (χ3n) is 1.84. The Hall–Kier alpha value is -1.17. The van der Waals surface area contributed by atoms with Gasteiger partial charge in [-0.1, -0.05) is 13.8 Å². The van der Waals surface area contributed by atoms with E-state index in [4.69, 9.17) is 5.11 Å². The Balaban J connectivity index is 4.28. The molecule has 1 amide bonds. The van der Waals surface area contributed by atoms with E-state index in [0.717, 1.165) is 0 Å². The van der Waals surface area contributed by atoms with Gasteiger partial charge in [-0.2, -0.15) is 0 Å². The number of carbonyl (C=O) groups is 2. The summed E-state index contributed by atoms with van der Waals surface area (Å²) in [6, 6.07) is -1.08. The molecule has 0 rings (SSSR count). The maximum atomic E-state index is 12.9. The number of hydrogen-bond acceptors (Lipinski definition) is 3. The summed E-state index contributed by atoms with van der Waals surface area (Å²) >= 11 is 0. The molecule has 0 aliphatic carbocycles. The predicted molar refractivity (Wildman–Crippen MR) is 55.5 cm³/mol. The molecule has 6 heteroatoms. The molecule has 0 aliphatic heterocycles. The molecular formula is C10H18FNO4. The number of hydrogen-bond donors (Lipinski definition) is 2. The van der Waals surface area contributed by atoms with Crippen LogP contribution >= 0.6 is 0 Å². The van der Waals surface area contributed by atoms with Crippen LogP contribution in [-0.2, 0) is 14.3 Å². The van der Waals surface area contributed by atoms with Gasteiger partial charge in [0.2, 0.25) is 0 Å². The van der Waals surface area contributed by atoms with Crippen LogP contribution < -0.4 is 5.32 Å². The molecule has 0 aromatic heterocycles. The molecule has 0 saturated carbocycles. The number of ether oxygens (including phenoxy) is 1. The van der Waals surface area contributed by atoms with Crippen molar-refractivity contribution in [3.8, 4) is 0 Å². The van der Waals surface area contributed by atoms with E-state index < -0.39 is 24.3 Å². The SMILES string of the molecule is CCOC(F)C(=O)NC(CC(C)C)C(=O)O. The second-order valence-corrected chi connectivity index (χ2v) is 3.80. The summed E-state index contributed by atoms with van der Waals surface area (Å²) in [6.45, 7) is 5.23. The van der Waals surface area contributed by atoms with Crippen LogP contribution in [0, 0.1) is 5.92 Å². The van der Waals surface area contributed by atoms with Gasteiger partial charge in [0.1, 0.15) is 6.04 Å². The molecule has 0 radical (unpaired) electrons. The molecule has 0 aliphatic rings. The van der Waals surface area contributed by atoms with Crippen molar-refractivity contribution >= 4 is 11.9 Å². The van der Waals surface area contributed by atoms with Gasteiger partial charge < -0.3 is 15.2 Å². The molecule has 0 spiro atoms. The molecule has 0 saturated heterocycles. The number of nitrogens with one attached hydrogen (secondary N) is 1. The van der Waals surface area contributed by atoms with Gasteiger partial charge in [0.05, 0.1) is 0 Å². The Kier molecular flexibility index (Phi) is 6.64. The average Bonchev–Trinajstić information content (AvgIpc) is 2.16. The first-order valence-electron chi connectivity index (χ1n) is 5.17. The number of halogens is 1. The second-order valence-electron chi connectivity index (χ2n) is 3.80. The minimum Gasteiger partial charge on any atom is -0.480 e. The van der Waals surface area contributed by atoms with Crippen molar-refractivity contribution in [1.29, 1.82) is 0 Å². The second kappa shape index (κ2) is 7.16. The molecule has 2 atom stereocenters. The highest BCUT2D eigenvalue weighted by Crippen LogP contribution is 2.06. The van der Waals surface area contributed by atoms with E-state index in [9.17, 15) is 14.0 Å². The summed E-state index contributed by atoms with van der Waals surface area (Å²) in [5.74, 6) is -2.13. The predicted octanol–water partition coefficient (Wildman–Crippen LogP) is 0.934. The minimum absolute atomic E-state index is 0.0521. The number of amides is 1. The molecule has 0 bridgehead atoms. The number of rotatable bonds is 7. The Morgan fingerprint density at radius 2 is 2.00 bits per heavy atom. The molecular weight excluding hydrogens is 217 g/mol. The Bertz CT molecular complexity index is 245. The maximum Gasteiger partial charge on any atom is 0.326 e. The minimum atomic E-state index is -2.11. The lowest BCUT2D eigenvalue weighted by Crippen LogP contribution is -2.45. The van der Waals surface area contributed by atoms with Gasteiger partial charge in [0.15, 0.2) is 0 Å². The van der Waals surface area contributed by atoms with Crippen LogP contribution in [0.3, 0.4) is 0 Å². The summed E-state index contributed by atoms with van der Waals surface area (Å²) < 4.78 is 17.3. The smallest absolute Gasteiger partial charge is 0.326 e. The quantitative estimate of drug-likeness (QED) is 0.688. The molecule has 2 unspecified atom stereocenters. The number of carbonyl (C=O) groups excluding carboxylic acids is 1. The van der Waals surface area contributed by atoms with E-state index in [1.54, 1.807) is 6.92 Å². The molecule has 16 heavy (non-hydrogen) atoms. The van der Waals surface area contributed by atoms with Crippen LogP contribution in [0.25, 0.3) is 0 Å². The standard InChI is InChI=1S/C10H18FNO4/c1-4-16-8(11)9(13)12-7(10(14)15)5-6(2)3/h6-8H,4-5H2,1-3H3,(H,12,13)(H,14,15). The highest BCUT2D eigenvalue weighted by molar-refractivity contribution is 5.85. The Morgan fingerprint density at radius 3 is 2.38 bits per heavy atom. The fourth-order valence-electron chi connectivity index (χ4n) is 1.15. The van der Waals surface area contributed by atoms with Crippen molar-refractivity contribution in [2.45, 2.75) is 39.6 Å². The van der Waals surface area contributed by atoms with Crippen molar-refractivity contribution in [2.75, 3.05) is 6.61 Å². The number of carboxylic acids is 1. The lowest BCUT2D eigenvalue weighted by Gasteiger charge is -2.17. The molecule has 0 heterocycles. The zero-order chi connectivity index (χ0) is 12.7. The molecule has 5 nitrogen and oxygen atoms in total. The van der Waals surface area contributed by atoms with Gasteiger partial charge in [-0.05, 0) is 19.3 Å². The summed E-state index contributed by atoms with van der Waals surface area (Å²) in [7, 11) is 0. The number of alkyl halides is 1. The van der Waals surface area contributed by atoms with E-state index >= 15 is 0 Å². The van der Waals surface area contributed by atoms with Gasteiger partial charge in [-0.3, -0.25) is 4.79 Å². The third-order valence-corrected chi connectivity index (χ3v) is 1.84. The molecule has 0 fully saturated rings. The highest BCUT2D eigenvalue weighted by Gasteiger charge is 2.25. The Morgan fingerprint density at radius 1 is 1.44 bits per heavy atom. The first-order chi connectivity index (χ1) is 7.38. The van der Waals surface area contributed by atoms with Crippen LogP contribution in [0.4, 0.5) is 4.39 Å². The van der Waals surface area contributed by atoms with Gasteiger partial charge >= 0.3 is 5.97 Å². The molecule has 94 valence electrons. The topological polar surface area (TPSA) is 75.6 Å². The first kappa shape index (κ1) is 14.8. The van der Waals surface area contributed by atoms with Gasteiger partial charge in [0, 0.05) is 6.61 Å². The Labute approximate surface area is 94.0 Å². The van der Waals surface area contributed by atoms with Crippen molar-refractivity contribution in [2.24, 2.45) is 5.92 Å². The van der Waals surface area contributed by atoms with Gasteiger partial charge in [0.25, 0.3) is 12.3 Å². The summed E-state index contributed by atoms with van der Waals surface area (Å²) in [5.41, 5.74) is 0. The maximum absolute atomic E-state index is 12.9. The molecule has 0 aromatic carbocycles. The van der Waals surface area contributed by atoms with Crippen LogP contribution in [0.5, 0.6) is 0 Å². The zero-order valence-electron chi connectivity index (χ0n) is 9.70. The van der Waals surface area contributed by atoms with E-state index in [-0.39, 0.29) is 18.9 Å². The summed E-state index contributed by atoms with van der Waals surface area (Å²) in [4.78, 5) is 21.9. The third kappa shape index (κ3) is 5.65. The monoisotopic (exact) mass is 235 g/mol. The number of carboxylic acid groups (broad SMARTS) is 1. The lowest BCUT2D eigenvalue weighted by molar-refractivity contribution is -0.150. The van der Waals surface area contributed by atoms with E-state index in [2.05, 4.69) is 10.1 Å². The van der Waals surface area contributed by atoms with Crippen LogP contribution in [0.1, 0.15) is 27.2 Å². The summed E-state index contributed by atoms with van der Waals surface area (Å²) in [5, 5.41) is 10.9. The average molecular weight is 235 g/mol. The highest BCUT2D eigenvalue weighted by atomic mass is 19.1. The lowest BCUT2D eigenvalue weighted by atomic mass is 10.0. The van der Waals surface area contributed by atoms with Gasteiger partial charge in [-0.25, -0.2) is 9.18 Å². The molecule has 0 aromatic rings. The molecule has 2 N–H and O–H groups in total. The number of aliphatic carboxylic acids is 1. The van der Waals surface area contributed by atoms with Crippen molar-refractivity contribution in [1.82, 2.24) is 5.32 Å².